The molecule has 2 rings (SSSR count). The Morgan fingerprint density at radius 1 is 1.44 bits per heavy atom. The lowest BCUT2D eigenvalue weighted by molar-refractivity contribution is 0.0689. The summed E-state index contributed by atoms with van der Waals surface area (Å²) in [6.07, 6.45) is 0.535. The van der Waals surface area contributed by atoms with Crippen LogP contribution >= 0.6 is 31.9 Å². The van der Waals surface area contributed by atoms with Crippen LogP contribution in [0, 0.1) is 0 Å². The van der Waals surface area contributed by atoms with Crippen LogP contribution in [-0.2, 0) is 6.42 Å². The van der Waals surface area contributed by atoms with Gasteiger partial charge in [0.25, 0.3) is 0 Å². The van der Waals surface area contributed by atoms with E-state index in [0.29, 0.717) is 12.1 Å². The van der Waals surface area contributed by atoms with Crippen molar-refractivity contribution in [1.82, 2.24) is 15.0 Å². The molecule has 0 aliphatic carbocycles. The molecule has 0 bridgehead atoms. The van der Waals surface area contributed by atoms with Gasteiger partial charge in [0.05, 0.1) is 11.4 Å². The van der Waals surface area contributed by atoms with Gasteiger partial charge in [0, 0.05) is 8.95 Å². The van der Waals surface area contributed by atoms with Crippen LogP contribution in [0.15, 0.2) is 27.1 Å². The van der Waals surface area contributed by atoms with Gasteiger partial charge in [-0.05, 0) is 40.5 Å². The zero-order chi connectivity index (χ0) is 13.3. The van der Waals surface area contributed by atoms with E-state index in [1.54, 1.807) is 0 Å². The first kappa shape index (κ1) is 13.2. The van der Waals surface area contributed by atoms with Crippen molar-refractivity contribution in [3.05, 3.63) is 38.5 Å². The van der Waals surface area contributed by atoms with Crippen molar-refractivity contribution >= 4 is 37.8 Å². The van der Waals surface area contributed by atoms with Crippen LogP contribution in [-0.4, -0.2) is 26.1 Å². The number of hydrogen-bond donors (Lipinski definition) is 1. The van der Waals surface area contributed by atoms with Crippen LogP contribution in [0.5, 0.6) is 0 Å². The fourth-order valence-corrected chi connectivity index (χ4v) is 2.39. The zero-order valence-corrected chi connectivity index (χ0v) is 12.6. The fourth-order valence-electron chi connectivity index (χ4n) is 1.63. The maximum atomic E-state index is 11.0. The van der Waals surface area contributed by atoms with E-state index in [4.69, 9.17) is 5.11 Å². The predicted octanol–water partition coefficient (Wildman–Crippen LogP) is 3.05. The molecule has 5 nitrogen and oxygen atoms in total. The molecule has 0 atom stereocenters. The Balaban J connectivity index is 2.64. The Morgan fingerprint density at radius 3 is 2.78 bits per heavy atom. The molecule has 0 unspecified atom stereocenters. The van der Waals surface area contributed by atoms with E-state index in [1.807, 2.05) is 25.1 Å². The lowest BCUT2D eigenvalue weighted by Crippen LogP contribution is -2.06. The molecule has 7 heteroatoms. The summed E-state index contributed by atoms with van der Waals surface area (Å²) >= 11 is 6.80. The summed E-state index contributed by atoms with van der Waals surface area (Å²) < 4.78 is 3.25. The molecule has 0 saturated heterocycles. The van der Waals surface area contributed by atoms with Crippen LogP contribution in [0.1, 0.15) is 23.1 Å². The average Bonchev–Trinajstić information content (AvgIpc) is 2.75. The molecule has 0 aliphatic heterocycles. The smallest absolute Gasteiger partial charge is 0.358 e. The molecule has 18 heavy (non-hydrogen) atoms. The van der Waals surface area contributed by atoms with Gasteiger partial charge in [0.15, 0.2) is 5.69 Å². The number of carboxylic acid groups (broad SMARTS) is 1. The number of carboxylic acids is 1. The standard InChI is InChI=1S/C11H9Br2N3O2/c1-2-8-10(11(17)18)14-15-16(8)9-5-6(12)3-4-7(9)13/h3-5H,2H2,1H3,(H,17,18). The van der Waals surface area contributed by atoms with Crippen molar-refractivity contribution in [2.45, 2.75) is 13.3 Å². The minimum atomic E-state index is -1.07. The first-order chi connectivity index (χ1) is 8.54. The first-order valence-electron chi connectivity index (χ1n) is 5.18. The second-order valence-corrected chi connectivity index (χ2v) is 5.32. The van der Waals surface area contributed by atoms with E-state index in [1.165, 1.54) is 4.68 Å². The molecule has 2 aromatic rings. The number of nitrogens with zero attached hydrogens (tertiary/aromatic N) is 3. The topological polar surface area (TPSA) is 68.0 Å². The summed E-state index contributed by atoms with van der Waals surface area (Å²) in [5.41, 5.74) is 1.31. The van der Waals surface area contributed by atoms with Crippen molar-refractivity contribution in [3.63, 3.8) is 0 Å². The molecule has 0 radical (unpaired) electrons. The maximum absolute atomic E-state index is 11.0. The Morgan fingerprint density at radius 2 is 2.17 bits per heavy atom. The summed E-state index contributed by atoms with van der Waals surface area (Å²) in [5.74, 6) is -1.07. The lowest BCUT2D eigenvalue weighted by Gasteiger charge is -2.07. The Labute approximate surface area is 120 Å². The summed E-state index contributed by atoms with van der Waals surface area (Å²) in [5, 5.41) is 16.7. The second-order valence-electron chi connectivity index (χ2n) is 3.55. The number of carbonyl (C=O) groups is 1. The third-order valence-corrected chi connectivity index (χ3v) is 3.60. The van der Waals surface area contributed by atoms with Gasteiger partial charge < -0.3 is 5.11 Å². The number of benzene rings is 1. The van der Waals surface area contributed by atoms with Crippen LogP contribution in [0.4, 0.5) is 0 Å². The van der Waals surface area contributed by atoms with Crippen LogP contribution in [0.3, 0.4) is 0 Å². The van der Waals surface area contributed by atoms with Crippen LogP contribution in [0.25, 0.3) is 5.69 Å². The summed E-state index contributed by atoms with van der Waals surface area (Å²) in [6.45, 7) is 1.87. The van der Waals surface area contributed by atoms with E-state index >= 15 is 0 Å². The Hall–Kier alpha value is -1.21. The summed E-state index contributed by atoms with van der Waals surface area (Å²) in [4.78, 5) is 11.0. The minimum Gasteiger partial charge on any atom is -0.476 e. The highest BCUT2D eigenvalue weighted by molar-refractivity contribution is 9.11. The van der Waals surface area contributed by atoms with Crippen molar-refractivity contribution in [2.75, 3.05) is 0 Å². The highest BCUT2D eigenvalue weighted by atomic mass is 79.9. The molecule has 0 fully saturated rings. The van der Waals surface area contributed by atoms with Crippen molar-refractivity contribution in [3.8, 4) is 5.69 Å². The number of aromatic nitrogens is 3. The predicted molar refractivity (Wildman–Crippen MR) is 73.1 cm³/mol. The first-order valence-corrected chi connectivity index (χ1v) is 6.76. The average molecular weight is 375 g/mol. The largest absolute Gasteiger partial charge is 0.476 e. The van der Waals surface area contributed by atoms with Crippen molar-refractivity contribution in [1.29, 1.82) is 0 Å². The second kappa shape index (κ2) is 5.19. The van der Waals surface area contributed by atoms with Crippen molar-refractivity contribution < 1.29 is 9.90 Å². The van der Waals surface area contributed by atoms with Gasteiger partial charge in [0.1, 0.15) is 0 Å². The molecule has 0 spiro atoms. The molecular weight excluding hydrogens is 366 g/mol. The number of aromatic carboxylic acids is 1. The molecule has 1 aromatic carbocycles. The van der Waals surface area contributed by atoms with Crippen molar-refractivity contribution in [2.24, 2.45) is 0 Å². The summed E-state index contributed by atoms with van der Waals surface area (Å²) in [6, 6.07) is 5.60. The van der Waals surface area contributed by atoms with Gasteiger partial charge in [-0.25, -0.2) is 9.48 Å². The van der Waals surface area contributed by atoms with E-state index in [9.17, 15) is 4.79 Å². The third kappa shape index (κ3) is 2.32. The molecule has 1 heterocycles. The quantitative estimate of drug-likeness (QED) is 0.896. The number of halogens is 2. The van der Waals surface area contributed by atoms with Crippen LogP contribution < -0.4 is 0 Å². The molecule has 94 valence electrons. The Bertz CT molecular complexity index is 610. The molecule has 1 aromatic heterocycles. The molecule has 0 saturated carbocycles. The van der Waals surface area contributed by atoms with Gasteiger partial charge in [0.2, 0.25) is 0 Å². The number of rotatable bonds is 3. The Kier molecular flexibility index (Phi) is 3.82. The molecular formula is C11H9Br2N3O2. The van der Waals surface area contributed by atoms with E-state index in [2.05, 4.69) is 42.2 Å². The number of hydrogen-bond acceptors (Lipinski definition) is 3. The molecule has 0 aliphatic rings. The highest BCUT2D eigenvalue weighted by Gasteiger charge is 2.19. The van der Waals surface area contributed by atoms with Crippen LogP contribution in [0.2, 0.25) is 0 Å². The third-order valence-electron chi connectivity index (χ3n) is 2.44. The fraction of sp³-hybridized carbons (Fsp3) is 0.182. The van der Waals surface area contributed by atoms with Gasteiger partial charge >= 0.3 is 5.97 Å². The van der Waals surface area contributed by atoms with Gasteiger partial charge in [-0.15, -0.1) is 5.10 Å². The monoisotopic (exact) mass is 373 g/mol. The van der Waals surface area contributed by atoms with Gasteiger partial charge in [-0.1, -0.05) is 28.1 Å². The molecule has 1 N–H and O–H groups in total. The highest BCUT2D eigenvalue weighted by Crippen LogP contribution is 2.26. The lowest BCUT2D eigenvalue weighted by atomic mass is 10.2. The SMILES string of the molecule is CCc1c(C(=O)O)nnn1-c1cc(Br)ccc1Br. The summed E-state index contributed by atoms with van der Waals surface area (Å²) in [7, 11) is 0. The van der Waals surface area contributed by atoms with Gasteiger partial charge in [-0.3, -0.25) is 0 Å². The zero-order valence-electron chi connectivity index (χ0n) is 9.39. The van der Waals surface area contributed by atoms with E-state index in [0.717, 1.165) is 14.6 Å². The normalized spacial score (nSPS) is 10.6. The minimum absolute atomic E-state index is 0.00984. The molecule has 0 amide bonds. The van der Waals surface area contributed by atoms with Gasteiger partial charge in [-0.2, -0.15) is 0 Å². The van der Waals surface area contributed by atoms with E-state index in [-0.39, 0.29) is 5.69 Å². The maximum Gasteiger partial charge on any atom is 0.358 e. The van der Waals surface area contributed by atoms with E-state index < -0.39 is 5.97 Å².